The van der Waals surface area contributed by atoms with E-state index >= 15 is 0 Å². The molecule has 0 spiro atoms. The summed E-state index contributed by atoms with van der Waals surface area (Å²) < 4.78 is 10.3. The molecule has 0 aromatic rings. The van der Waals surface area contributed by atoms with E-state index in [-0.39, 0.29) is 6.04 Å². The first kappa shape index (κ1) is 14.4. The zero-order valence-electron chi connectivity index (χ0n) is 10.2. The summed E-state index contributed by atoms with van der Waals surface area (Å²) in [5, 5.41) is 12.2. The lowest BCUT2D eigenvalue weighted by Gasteiger charge is -2.25. The Kier molecular flexibility index (Phi) is 7.31. The van der Waals surface area contributed by atoms with Gasteiger partial charge >= 0.3 is 0 Å². The third kappa shape index (κ3) is 7.32. The van der Waals surface area contributed by atoms with Crippen molar-refractivity contribution in [3.63, 3.8) is 0 Å². The summed E-state index contributed by atoms with van der Waals surface area (Å²) in [4.78, 5) is 0. The van der Waals surface area contributed by atoms with Crippen molar-refractivity contribution < 1.29 is 9.47 Å². The highest BCUT2D eigenvalue weighted by Crippen LogP contribution is 2.04. The molecule has 0 saturated carbocycles. The largest absolute Gasteiger partial charge is 0.385 e. The van der Waals surface area contributed by atoms with E-state index in [1.54, 1.807) is 7.11 Å². The molecule has 0 aliphatic heterocycles. The van der Waals surface area contributed by atoms with Crippen LogP contribution in [0.15, 0.2) is 0 Å². The molecule has 0 heterocycles. The van der Waals surface area contributed by atoms with E-state index in [2.05, 4.69) is 11.4 Å². The molecule has 1 unspecified atom stereocenters. The molecule has 4 nitrogen and oxygen atoms in total. The summed E-state index contributed by atoms with van der Waals surface area (Å²) in [6.07, 6.45) is 0.861. The van der Waals surface area contributed by atoms with Crippen molar-refractivity contribution in [3.8, 4) is 6.07 Å². The molecular weight excluding hydrogens is 192 g/mol. The molecule has 0 aliphatic rings. The lowest BCUT2D eigenvalue weighted by molar-refractivity contribution is 0.0736. The van der Waals surface area contributed by atoms with Crippen LogP contribution in [-0.2, 0) is 9.47 Å². The van der Waals surface area contributed by atoms with E-state index in [9.17, 15) is 0 Å². The molecular formula is C11H22N2O2. The van der Waals surface area contributed by atoms with Gasteiger partial charge in [0.25, 0.3) is 0 Å². The van der Waals surface area contributed by atoms with E-state index in [0.29, 0.717) is 19.8 Å². The quantitative estimate of drug-likeness (QED) is 0.619. The van der Waals surface area contributed by atoms with Gasteiger partial charge in [0.05, 0.1) is 12.7 Å². The molecule has 4 heteroatoms. The molecule has 0 bridgehead atoms. The van der Waals surface area contributed by atoms with E-state index in [1.165, 1.54) is 0 Å². The molecule has 1 N–H and O–H groups in total. The molecule has 0 aromatic heterocycles. The van der Waals surface area contributed by atoms with Gasteiger partial charge < -0.3 is 9.47 Å². The summed E-state index contributed by atoms with van der Waals surface area (Å²) in [5.74, 6) is 0. The van der Waals surface area contributed by atoms with Crippen molar-refractivity contribution in [2.45, 2.75) is 38.8 Å². The van der Waals surface area contributed by atoms with Crippen molar-refractivity contribution in [1.82, 2.24) is 5.32 Å². The van der Waals surface area contributed by atoms with Crippen LogP contribution in [0, 0.1) is 11.3 Å². The maximum atomic E-state index is 9.02. The van der Waals surface area contributed by atoms with Crippen molar-refractivity contribution in [2.24, 2.45) is 0 Å². The zero-order valence-corrected chi connectivity index (χ0v) is 10.2. The van der Waals surface area contributed by atoms with Crippen LogP contribution in [0.3, 0.4) is 0 Å². The number of hydrogen-bond donors (Lipinski definition) is 1. The Morgan fingerprint density at radius 1 is 1.40 bits per heavy atom. The molecule has 0 aliphatic carbocycles. The average molecular weight is 214 g/mol. The Bertz CT molecular complexity index is 201. The van der Waals surface area contributed by atoms with Gasteiger partial charge in [0.2, 0.25) is 0 Å². The second-order valence-corrected chi connectivity index (χ2v) is 4.14. The van der Waals surface area contributed by atoms with Crippen LogP contribution in [0.2, 0.25) is 0 Å². The van der Waals surface area contributed by atoms with Crippen LogP contribution in [0.4, 0.5) is 0 Å². The molecule has 0 rings (SSSR count). The minimum Gasteiger partial charge on any atom is -0.385 e. The number of hydrogen-bond acceptors (Lipinski definition) is 4. The van der Waals surface area contributed by atoms with E-state index in [4.69, 9.17) is 14.7 Å². The van der Waals surface area contributed by atoms with Gasteiger partial charge in [0.15, 0.2) is 0 Å². The van der Waals surface area contributed by atoms with E-state index in [0.717, 1.165) is 6.42 Å². The topological polar surface area (TPSA) is 54.3 Å². The van der Waals surface area contributed by atoms with Gasteiger partial charge in [-0.1, -0.05) is 0 Å². The highest BCUT2D eigenvalue weighted by atomic mass is 16.5. The van der Waals surface area contributed by atoms with Crippen LogP contribution in [0.5, 0.6) is 0 Å². The van der Waals surface area contributed by atoms with Gasteiger partial charge in [0, 0.05) is 26.4 Å². The van der Waals surface area contributed by atoms with Gasteiger partial charge in [-0.25, -0.2) is 0 Å². The van der Waals surface area contributed by atoms with Crippen molar-refractivity contribution in [1.29, 1.82) is 5.26 Å². The predicted molar refractivity (Wildman–Crippen MR) is 59.6 cm³/mol. The Labute approximate surface area is 92.6 Å². The third-order valence-corrected chi connectivity index (χ3v) is 1.88. The number of ether oxygens (including phenoxy) is 2. The van der Waals surface area contributed by atoms with Gasteiger partial charge in [-0.05, 0) is 27.2 Å². The monoisotopic (exact) mass is 214 g/mol. The first-order chi connectivity index (χ1) is 7.04. The standard InChI is InChI=1S/C11H22N2O2/c1-10(2)13-11(3,8-12)9-15-7-5-6-14-4/h10,13H,5-7,9H2,1-4H3. The average Bonchev–Trinajstić information content (AvgIpc) is 2.16. The number of nitriles is 1. The molecule has 0 fully saturated rings. The maximum absolute atomic E-state index is 9.02. The van der Waals surface area contributed by atoms with Crippen LogP contribution in [0.25, 0.3) is 0 Å². The van der Waals surface area contributed by atoms with E-state index < -0.39 is 5.54 Å². The predicted octanol–water partition coefficient (Wildman–Crippen LogP) is 1.32. The zero-order chi connectivity index (χ0) is 11.7. The minimum absolute atomic E-state index is 0.275. The molecule has 1 atom stereocenters. The number of rotatable bonds is 8. The van der Waals surface area contributed by atoms with Gasteiger partial charge in [0.1, 0.15) is 5.54 Å². The molecule has 0 aromatic carbocycles. The normalized spacial score (nSPS) is 14.9. The van der Waals surface area contributed by atoms with Crippen LogP contribution in [-0.4, -0.2) is 38.5 Å². The maximum Gasteiger partial charge on any atom is 0.127 e. The molecule has 0 amide bonds. The Morgan fingerprint density at radius 3 is 2.53 bits per heavy atom. The molecule has 0 saturated heterocycles. The van der Waals surface area contributed by atoms with Crippen molar-refractivity contribution in [3.05, 3.63) is 0 Å². The van der Waals surface area contributed by atoms with Gasteiger partial charge in [-0.3, -0.25) is 5.32 Å². The Morgan fingerprint density at radius 2 is 2.07 bits per heavy atom. The van der Waals surface area contributed by atoms with Crippen LogP contribution < -0.4 is 5.32 Å². The molecule has 15 heavy (non-hydrogen) atoms. The summed E-state index contributed by atoms with van der Waals surface area (Å²) >= 11 is 0. The summed E-state index contributed by atoms with van der Waals surface area (Å²) in [7, 11) is 1.67. The highest BCUT2D eigenvalue weighted by Gasteiger charge is 2.24. The van der Waals surface area contributed by atoms with E-state index in [1.807, 2.05) is 20.8 Å². The number of nitrogens with one attached hydrogen (secondary N) is 1. The van der Waals surface area contributed by atoms with Crippen molar-refractivity contribution >= 4 is 0 Å². The summed E-state index contributed by atoms with van der Waals surface area (Å²) in [6, 6.07) is 2.51. The van der Waals surface area contributed by atoms with Crippen molar-refractivity contribution in [2.75, 3.05) is 26.9 Å². The smallest absolute Gasteiger partial charge is 0.127 e. The Balaban J connectivity index is 3.74. The minimum atomic E-state index is -0.596. The lowest BCUT2D eigenvalue weighted by atomic mass is 10.1. The second kappa shape index (κ2) is 7.63. The Hall–Kier alpha value is -0.630. The number of nitrogens with zero attached hydrogens (tertiary/aromatic N) is 1. The number of methoxy groups -OCH3 is 1. The van der Waals surface area contributed by atoms with Crippen LogP contribution >= 0.6 is 0 Å². The summed E-state index contributed by atoms with van der Waals surface area (Å²) in [6.45, 7) is 7.61. The third-order valence-electron chi connectivity index (χ3n) is 1.88. The highest BCUT2D eigenvalue weighted by molar-refractivity contribution is 5.04. The fourth-order valence-electron chi connectivity index (χ4n) is 1.32. The summed E-state index contributed by atoms with van der Waals surface area (Å²) in [5.41, 5.74) is -0.596. The first-order valence-electron chi connectivity index (χ1n) is 5.29. The fraction of sp³-hybridized carbons (Fsp3) is 0.909. The van der Waals surface area contributed by atoms with Gasteiger partial charge in [-0.15, -0.1) is 0 Å². The fourth-order valence-corrected chi connectivity index (χ4v) is 1.32. The molecule has 88 valence electrons. The molecule has 0 radical (unpaired) electrons. The SMILES string of the molecule is COCCCOCC(C)(C#N)NC(C)C. The van der Waals surface area contributed by atoms with Crippen LogP contribution in [0.1, 0.15) is 27.2 Å². The second-order valence-electron chi connectivity index (χ2n) is 4.14. The lowest BCUT2D eigenvalue weighted by Crippen LogP contribution is -2.48. The first-order valence-corrected chi connectivity index (χ1v) is 5.29. The van der Waals surface area contributed by atoms with Gasteiger partial charge in [-0.2, -0.15) is 5.26 Å².